The van der Waals surface area contributed by atoms with E-state index < -0.39 is 12.0 Å². The minimum atomic E-state index is -0.962. The van der Waals surface area contributed by atoms with Crippen LogP contribution in [0.25, 0.3) is 0 Å². The number of ketones is 1. The number of hydrogen-bond acceptors (Lipinski definition) is 4. The monoisotopic (exact) mass is 279 g/mol. The molecule has 5 nitrogen and oxygen atoms in total. The van der Waals surface area contributed by atoms with Gasteiger partial charge in [-0.25, -0.2) is 0 Å². The molecule has 0 radical (unpaired) electrons. The van der Waals surface area contributed by atoms with Crippen molar-refractivity contribution in [1.29, 1.82) is 0 Å². The first-order valence-electron chi connectivity index (χ1n) is 6.56. The van der Waals surface area contributed by atoms with E-state index in [1.807, 2.05) is 19.9 Å². The summed E-state index contributed by atoms with van der Waals surface area (Å²) in [5, 5.41) is 8.64. The Kier molecular flexibility index (Phi) is 5.70. The van der Waals surface area contributed by atoms with Crippen molar-refractivity contribution in [3.8, 4) is 5.75 Å². The topological polar surface area (TPSA) is 89.6 Å². The molecule has 1 aromatic carbocycles. The fourth-order valence-electron chi connectivity index (χ4n) is 1.89. The zero-order chi connectivity index (χ0) is 15.3. The van der Waals surface area contributed by atoms with Gasteiger partial charge in [-0.15, -0.1) is 0 Å². The summed E-state index contributed by atoms with van der Waals surface area (Å²) in [7, 11) is 1.49. The van der Waals surface area contributed by atoms with Gasteiger partial charge in [-0.1, -0.05) is 19.9 Å². The van der Waals surface area contributed by atoms with E-state index in [1.54, 1.807) is 12.1 Å². The molecule has 20 heavy (non-hydrogen) atoms. The van der Waals surface area contributed by atoms with Gasteiger partial charge < -0.3 is 15.6 Å². The second kappa shape index (κ2) is 7.05. The largest absolute Gasteiger partial charge is 0.496 e. The van der Waals surface area contributed by atoms with Crippen LogP contribution in [0, 0.1) is 0 Å². The second-order valence-corrected chi connectivity index (χ2v) is 5.02. The highest BCUT2D eigenvalue weighted by Gasteiger charge is 2.21. The van der Waals surface area contributed by atoms with E-state index >= 15 is 0 Å². The fraction of sp³-hybridized carbons (Fsp3) is 0.467. The first-order chi connectivity index (χ1) is 9.36. The maximum Gasteiger partial charge on any atom is 0.303 e. The number of nitrogens with two attached hydrogens (primary N) is 1. The lowest BCUT2D eigenvalue weighted by Crippen LogP contribution is -2.31. The summed E-state index contributed by atoms with van der Waals surface area (Å²) in [5.74, 6) is -0.505. The first-order valence-corrected chi connectivity index (χ1v) is 6.56. The van der Waals surface area contributed by atoms with Crippen molar-refractivity contribution in [3.05, 3.63) is 29.3 Å². The number of carbonyl (C=O) groups is 2. The molecule has 0 aliphatic rings. The third kappa shape index (κ3) is 4.06. The summed E-state index contributed by atoms with van der Waals surface area (Å²) in [6.07, 6.45) is -0.0116. The number of methoxy groups -OCH3 is 1. The Bertz CT molecular complexity index is 497. The molecule has 1 aromatic rings. The van der Waals surface area contributed by atoms with Crippen LogP contribution in [0.2, 0.25) is 0 Å². The predicted octanol–water partition coefficient (Wildman–Crippen LogP) is 2.19. The highest BCUT2D eigenvalue weighted by atomic mass is 16.5. The summed E-state index contributed by atoms with van der Waals surface area (Å²) in [6.45, 7) is 4.06. The minimum Gasteiger partial charge on any atom is -0.496 e. The van der Waals surface area contributed by atoms with E-state index in [0.717, 1.165) is 5.56 Å². The normalized spacial score (nSPS) is 12.2. The Balaban J connectivity index is 3.00. The molecule has 0 aliphatic heterocycles. The van der Waals surface area contributed by atoms with Crippen molar-refractivity contribution in [2.24, 2.45) is 5.73 Å². The number of rotatable bonds is 7. The first kappa shape index (κ1) is 16.2. The molecule has 0 aliphatic carbocycles. The number of ether oxygens (including phenoxy) is 1. The summed E-state index contributed by atoms with van der Waals surface area (Å²) in [6, 6.07) is 4.59. The molecule has 0 heterocycles. The van der Waals surface area contributed by atoms with Crippen molar-refractivity contribution in [3.63, 3.8) is 0 Å². The smallest absolute Gasteiger partial charge is 0.303 e. The Morgan fingerprint density at radius 2 is 2.00 bits per heavy atom. The van der Waals surface area contributed by atoms with Crippen LogP contribution < -0.4 is 10.5 Å². The lowest BCUT2D eigenvalue weighted by Gasteiger charge is -2.15. The summed E-state index contributed by atoms with van der Waals surface area (Å²) < 4.78 is 5.18. The Hall–Kier alpha value is -1.88. The molecule has 1 unspecified atom stereocenters. The van der Waals surface area contributed by atoms with Crippen molar-refractivity contribution >= 4 is 11.8 Å². The van der Waals surface area contributed by atoms with Crippen molar-refractivity contribution in [2.75, 3.05) is 7.11 Å². The van der Waals surface area contributed by atoms with Crippen LogP contribution in [-0.2, 0) is 4.79 Å². The molecular formula is C15H21NO4. The van der Waals surface area contributed by atoms with E-state index in [0.29, 0.717) is 11.3 Å². The van der Waals surface area contributed by atoms with Crippen LogP contribution in [0.5, 0.6) is 5.75 Å². The summed E-state index contributed by atoms with van der Waals surface area (Å²) in [4.78, 5) is 22.9. The zero-order valence-electron chi connectivity index (χ0n) is 12.1. The number of carboxylic acids is 1. The maximum atomic E-state index is 12.3. The van der Waals surface area contributed by atoms with Gasteiger partial charge >= 0.3 is 5.97 Å². The van der Waals surface area contributed by atoms with E-state index in [4.69, 9.17) is 15.6 Å². The summed E-state index contributed by atoms with van der Waals surface area (Å²) in [5.41, 5.74) is 7.21. The average molecular weight is 279 g/mol. The van der Waals surface area contributed by atoms with Crippen molar-refractivity contribution < 1.29 is 19.4 Å². The van der Waals surface area contributed by atoms with Crippen molar-refractivity contribution in [2.45, 2.75) is 38.6 Å². The fourth-order valence-corrected chi connectivity index (χ4v) is 1.89. The highest BCUT2D eigenvalue weighted by Crippen LogP contribution is 2.25. The molecule has 5 heteroatoms. The molecule has 1 atom stereocenters. The predicted molar refractivity (Wildman–Crippen MR) is 76.3 cm³/mol. The quantitative estimate of drug-likeness (QED) is 0.747. The molecule has 0 amide bonds. The summed E-state index contributed by atoms with van der Waals surface area (Å²) >= 11 is 0. The van der Waals surface area contributed by atoms with E-state index in [-0.39, 0.29) is 24.5 Å². The number of benzene rings is 1. The van der Waals surface area contributed by atoms with Gasteiger partial charge in [0.25, 0.3) is 0 Å². The molecular weight excluding hydrogens is 258 g/mol. The molecule has 0 saturated carbocycles. The van der Waals surface area contributed by atoms with Crippen LogP contribution in [0.4, 0.5) is 0 Å². The van der Waals surface area contributed by atoms with E-state index in [1.165, 1.54) is 7.11 Å². The van der Waals surface area contributed by atoms with Gasteiger partial charge in [0.05, 0.1) is 18.7 Å². The highest BCUT2D eigenvalue weighted by molar-refractivity contribution is 6.02. The molecule has 0 fully saturated rings. The number of Topliss-reactive ketones (excluding diaryl/α,β-unsaturated/α-hetero) is 1. The SMILES string of the molecule is COc1ccc(C(C)C)cc1C(=O)C(N)CCC(=O)O. The van der Waals surface area contributed by atoms with Crippen LogP contribution in [-0.4, -0.2) is 30.0 Å². The standard InChI is InChI=1S/C15H21NO4/c1-9(2)10-4-6-13(20-3)11(8-10)15(19)12(16)5-7-14(17)18/h4,6,8-9,12H,5,7,16H2,1-3H3,(H,17,18). The zero-order valence-corrected chi connectivity index (χ0v) is 12.1. The third-order valence-corrected chi connectivity index (χ3v) is 3.16. The molecule has 3 N–H and O–H groups in total. The minimum absolute atomic E-state index is 0.114. The van der Waals surface area contributed by atoms with Gasteiger partial charge in [0, 0.05) is 6.42 Å². The van der Waals surface area contributed by atoms with Crippen LogP contribution in [0.1, 0.15) is 48.5 Å². The lowest BCUT2D eigenvalue weighted by atomic mass is 9.95. The second-order valence-electron chi connectivity index (χ2n) is 5.02. The number of hydrogen-bond donors (Lipinski definition) is 2. The average Bonchev–Trinajstić information content (AvgIpc) is 2.42. The number of carboxylic acid groups (broad SMARTS) is 1. The molecule has 0 bridgehead atoms. The number of aliphatic carboxylic acids is 1. The lowest BCUT2D eigenvalue weighted by molar-refractivity contribution is -0.137. The Morgan fingerprint density at radius 1 is 1.35 bits per heavy atom. The Morgan fingerprint density at radius 3 is 2.50 bits per heavy atom. The number of carbonyl (C=O) groups excluding carboxylic acids is 1. The van der Waals surface area contributed by atoms with E-state index in [9.17, 15) is 9.59 Å². The van der Waals surface area contributed by atoms with Gasteiger partial charge in [-0.3, -0.25) is 9.59 Å². The van der Waals surface area contributed by atoms with Crippen LogP contribution in [0.3, 0.4) is 0 Å². The van der Waals surface area contributed by atoms with Crippen LogP contribution >= 0.6 is 0 Å². The van der Waals surface area contributed by atoms with Crippen LogP contribution in [0.15, 0.2) is 18.2 Å². The molecule has 110 valence electrons. The third-order valence-electron chi connectivity index (χ3n) is 3.16. The van der Waals surface area contributed by atoms with Gasteiger partial charge in [0.1, 0.15) is 5.75 Å². The molecule has 1 rings (SSSR count). The molecule has 0 aromatic heterocycles. The van der Waals surface area contributed by atoms with Gasteiger partial charge in [0.15, 0.2) is 5.78 Å². The van der Waals surface area contributed by atoms with Crippen molar-refractivity contribution in [1.82, 2.24) is 0 Å². The maximum absolute atomic E-state index is 12.3. The Labute approximate surface area is 118 Å². The van der Waals surface area contributed by atoms with E-state index in [2.05, 4.69) is 0 Å². The van der Waals surface area contributed by atoms with Gasteiger partial charge in [0.2, 0.25) is 0 Å². The van der Waals surface area contributed by atoms with Gasteiger partial charge in [-0.05, 0) is 30.0 Å². The van der Waals surface area contributed by atoms with Gasteiger partial charge in [-0.2, -0.15) is 0 Å². The molecule has 0 saturated heterocycles. The molecule has 0 spiro atoms.